The van der Waals surface area contributed by atoms with Crippen molar-refractivity contribution in [2.75, 3.05) is 51.2 Å². The van der Waals surface area contributed by atoms with Crippen molar-refractivity contribution in [3.05, 3.63) is 27.9 Å². The first kappa shape index (κ1) is 17.6. The molecule has 1 aromatic heterocycles. The van der Waals surface area contributed by atoms with Gasteiger partial charge in [0.2, 0.25) is 0 Å². The average Bonchev–Trinajstić information content (AvgIpc) is 2.61. The van der Waals surface area contributed by atoms with Crippen molar-refractivity contribution in [3.8, 4) is 0 Å². The van der Waals surface area contributed by atoms with Crippen molar-refractivity contribution in [3.63, 3.8) is 0 Å². The van der Waals surface area contributed by atoms with Crippen molar-refractivity contribution >= 4 is 17.4 Å². The number of anilines is 1. The molecule has 0 bridgehead atoms. The van der Waals surface area contributed by atoms with Gasteiger partial charge in [-0.3, -0.25) is 19.8 Å². The zero-order chi connectivity index (χ0) is 18.0. The number of likely N-dealkylation sites (tertiary alicyclic amines) is 1. The van der Waals surface area contributed by atoms with Crippen LogP contribution in [0, 0.1) is 10.1 Å². The fourth-order valence-corrected chi connectivity index (χ4v) is 3.72. The molecule has 9 nitrogen and oxygen atoms in total. The molecule has 1 unspecified atom stereocenters. The lowest BCUT2D eigenvalue weighted by atomic mass is 10.0. The molecule has 2 N–H and O–H groups in total. The van der Waals surface area contributed by atoms with Gasteiger partial charge in [-0.15, -0.1) is 0 Å². The maximum atomic E-state index is 11.7. The molecule has 1 atom stereocenters. The second-order valence-corrected chi connectivity index (χ2v) is 6.77. The highest BCUT2D eigenvalue weighted by Gasteiger charge is 2.29. The molecule has 2 aliphatic rings. The summed E-state index contributed by atoms with van der Waals surface area (Å²) in [6, 6.07) is 1.79. The second-order valence-electron chi connectivity index (χ2n) is 6.77. The molecule has 2 aliphatic heterocycles. The van der Waals surface area contributed by atoms with Gasteiger partial charge in [-0.25, -0.2) is 4.98 Å². The maximum absolute atomic E-state index is 11.7. The first-order chi connectivity index (χ1) is 12.0. The highest BCUT2D eigenvalue weighted by Crippen LogP contribution is 2.24. The van der Waals surface area contributed by atoms with Gasteiger partial charge >= 0.3 is 0 Å². The molecule has 9 heteroatoms. The van der Waals surface area contributed by atoms with Gasteiger partial charge in [0.25, 0.3) is 11.6 Å². The number of amides is 1. The predicted molar refractivity (Wildman–Crippen MR) is 93.7 cm³/mol. The van der Waals surface area contributed by atoms with Gasteiger partial charge in [0.1, 0.15) is 12.0 Å². The topological polar surface area (TPSA) is 109 Å². The molecule has 0 saturated carbocycles. The Morgan fingerprint density at radius 3 is 2.64 bits per heavy atom. The summed E-state index contributed by atoms with van der Waals surface area (Å²) in [7, 11) is 2.16. The lowest BCUT2D eigenvalue weighted by molar-refractivity contribution is -0.385. The van der Waals surface area contributed by atoms with Crippen LogP contribution in [-0.4, -0.2) is 78.0 Å². The van der Waals surface area contributed by atoms with Gasteiger partial charge in [-0.05, 0) is 26.4 Å². The minimum absolute atomic E-state index is 0.111. The van der Waals surface area contributed by atoms with Crippen LogP contribution in [0.1, 0.15) is 23.2 Å². The number of hydrogen-bond donors (Lipinski definition) is 1. The van der Waals surface area contributed by atoms with Gasteiger partial charge in [0.05, 0.1) is 10.5 Å². The van der Waals surface area contributed by atoms with Crippen molar-refractivity contribution in [2.45, 2.75) is 18.9 Å². The fraction of sp³-hybridized carbons (Fsp3) is 0.625. The first-order valence-electron chi connectivity index (χ1n) is 8.57. The Morgan fingerprint density at radius 1 is 1.32 bits per heavy atom. The van der Waals surface area contributed by atoms with E-state index in [-0.39, 0.29) is 11.3 Å². The molecular formula is C16H24N6O3. The van der Waals surface area contributed by atoms with E-state index in [0.717, 1.165) is 39.3 Å². The molecule has 0 aliphatic carbocycles. The van der Waals surface area contributed by atoms with Crippen LogP contribution in [0.15, 0.2) is 12.3 Å². The fourth-order valence-electron chi connectivity index (χ4n) is 3.72. The quantitative estimate of drug-likeness (QED) is 0.616. The number of rotatable bonds is 4. The van der Waals surface area contributed by atoms with E-state index in [4.69, 9.17) is 5.73 Å². The number of aromatic nitrogens is 1. The van der Waals surface area contributed by atoms with Crippen LogP contribution < -0.4 is 10.6 Å². The van der Waals surface area contributed by atoms with E-state index < -0.39 is 10.8 Å². The number of pyridine rings is 1. The number of carbonyl (C=O) groups is 1. The Hall–Kier alpha value is -2.26. The van der Waals surface area contributed by atoms with E-state index >= 15 is 0 Å². The Kier molecular flexibility index (Phi) is 5.14. The molecule has 1 amide bonds. The van der Waals surface area contributed by atoms with Crippen LogP contribution in [0.3, 0.4) is 0 Å². The number of nitrogens with zero attached hydrogens (tertiary/aromatic N) is 5. The number of piperazine rings is 1. The van der Waals surface area contributed by atoms with Crippen molar-refractivity contribution in [2.24, 2.45) is 5.73 Å². The Balaban J connectivity index is 1.70. The molecular weight excluding hydrogens is 324 g/mol. The second kappa shape index (κ2) is 7.32. The molecule has 2 saturated heterocycles. The molecule has 3 heterocycles. The lowest BCUT2D eigenvalue weighted by Gasteiger charge is -2.43. The zero-order valence-corrected chi connectivity index (χ0v) is 14.4. The first-order valence-corrected chi connectivity index (χ1v) is 8.57. The number of nitro groups is 1. The van der Waals surface area contributed by atoms with E-state index in [1.165, 1.54) is 25.1 Å². The minimum atomic E-state index is -0.692. The van der Waals surface area contributed by atoms with Crippen LogP contribution in [-0.2, 0) is 0 Å². The number of likely N-dealkylation sites (N-methyl/N-ethyl adjacent to an activating group) is 1. The highest BCUT2D eigenvalue weighted by atomic mass is 16.6. The summed E-state index contributed by atoms with van der Waals surface area (Å²) >= 11 is 0. The van der Waals surface area contributed by atoms with E-state index in [1.54, 1.807) is 0 Å². The molecule has 0 aromatic carbocycles. The highest BCUT2D eigenvalue weighted by molar-refractivity contribution is 5.98. The normalized spacial score (nSPS) is 22.8. The predicted octanol–water partition coefficient (Wildman–Crippen LogP) is 0.305. The molecule has 25 heavy (non-hydrogen) atoms. The van der Waals surface area contributed by atoms with Crippen LogP contribution in [0.25, 0.3) is 0 Å². The third kappa shape index (κ3) is 3.88. The minimum Gasteiger partial charge on any atom is -0.365 e. The number of piperidine rings is 1. The smallest absolute Gasteiger partial charge is 0.288 e. The van der Waals surface area contributed by atoms with Gasteiger partial charge in [0, 0.05) is 44.8 Å². The molecule has 3 rings (SSSR count). The average molecular weight is 348 g/mol. The summed E-state index contributed by atoms with van der Waals surface area (Å²) in [6.07, 6.45) is 3.62. The van der Waals surface area contributed by atoms with Gasteiger partial charge in [-0.1, -0.05) is 0 Å². The van der Waals surface area contributed by atoms with Gasteiger partial charge in [-0.2, -0.15) is 0 Å². The molecule has 0 radical (unpaired) electrons. The van der Waals surface area contributed by atoms with Crippen molar-refractivity contribution in [1.29, 1.82) is 0 Å². The number of nitrogens with two attached hydrogens (primary N) is 1. The van der Waals surface area contributed by atoms with Gasteiger partial charge in [0.15, 0.2) is 0 Å². The summed E-state index contributed by atoms with van der Waals surface area (Å²) in [5.41, 5.74) is 5.30. The molecule has 0 spiro atoms. The van der Waals surface area contributed by atoms with Crippen LogP contribution in [0.5, 0.6) is 0 Å². The number of primary amides is 1. The van der Waals surface area contributed by atoms with Crippen molar-refractivity contribution < 1.29 is 9.72 Å². The summed E-state index contributed by atoms with van der Waals surface area (Å²) < 4.78 is 0. The summed E-state index contributed by atoms with van der Waals surface area (Å²) in [6.45, 7) is 5.47. The Bertz CT molecular complexity index is 659. The summed E-state index contributed by atoms with van der Waals surface area (Å²) in [5.74, 6) is -0.249. The van der Waals surface area contributed by atoms with Crippen LogP contribution >= 0.6 is 0 Å². The van der Waals surface area contributed by atoms with E-state index in [2.05, 4.69) is 21.8 Å². The number of hydrogen-bond acceptors (Lipinski definition) is 7. The zero-order valence-electron chi connectivity index (χ0n) is 14.4. The standard InChI is InChI=1S/C16H24N6O3/c1-19-4-2-3-12(11-19)20-5-7-21(8-6-20)16-14(15(17)23)9-13(10-18-16)22(24)25/h9-10,12H,2-8,11H2,1H3,(H2,17,23). The Morgan fingerprint density at radius 2 is 2.04 bits per heavy atom. The van der Waals surface area contributed by atoms with Gasteiger partial charge < -0.3 is 15.5 Å². The van der Waals surface area contributed by atoms with E-state index in [9.17, 15) is 14.9 Å². The third-order valence-electron chi connectivity index (χ3n) is 5.06. The van der Waals surface area contributed by atoms with E-state index in [1.807, 2.05) is 4.90 Å². The summed E-state index contributed by atoms with van der Waals surface area (Å²) in [5, 5.41) is 10.9. The lowest BCUT2D eigenvalue weighted by Crippen LogP contribution is -2.54. The van der Waals surface area contributed by atoms with Crippen LogP contribution in [0.4, 0.5) is 11.5 Å². The molecule has 1 aromatic rings. The SMILES string of the molecule is CN1CCCC(N2CCN(c3ncc([N+](=O)[O-])cc3C(N)=O)CC2)C1. The van der Waals surface area contributed by atoms with Crippen molar-refractivity contribution in [1.82, 2.24) is 14.8 Å². The molecule has 136 valence electrons. The van der Waals surface area contributed by atoms with Crippen LogP contribution in [0.2, 0.25) is 0 Å². The maximum Gasteiger partial charge on any atom is 0.288 e. The monoisotopic (exact) mass is 348 g/mol. The Labute approximate surface area is 146 Å². The number of carbonyl (C=O) groups excluding carboxylic acids is 1. The largest absolute Gasteiger partial charge is 0.365 e. The molecule has 2 fully saturated rings. The summed E-state index contributed by atoms with van der Waals surface area (Å²) in [4.78, 5) is 33.0. The third-order valence-corrected chi connectivity index (χ3v) is 5.06. The van der Waals surface area contributed by atoms with E-state index in [0.29, 0.717) is 11.9 Å².